The van der Waals surface area contributed by atoms with Crippen molar-refractivity contribution in [2.45, 2.75) is 19.4 Å². The van der Waals surface area contributed by atoms with E-state index in [4.69, 9.17) is 5.73 Å². The van der Waals surface area contributed by atoms with Crippen LogP contribution in [0.4, 0.5) is 0 Å². The summed E-state index contributed by atoms with van der Waals surface area (Å²) in [6.45, 7) is 2.12. The maximum absolute atomic E-state index is 6.29. The fraction of sp³-hybridized carbons (Fsp3) is 0.250. The summed E-state index contributed by atoms with van der Waals surface area (Å²) >= 11 is 5.20. The molecule has 0 aromatic carbocycles. The Morgan fingerprint density at radius 2 is 2.31 bits per heavy atom. The highest BCUT2D eigenvalue weighted by Gasteiger charge is 2.16. The molecule has 0 amide bonds. The van der Waals surface area contributed by atoms with E-state index in [9.17, 15) is 0 Å². The maximum atomic E-state index is 6.29. The number of rotatable bonds is 3. The first-order chi connectivity index (χ1) is 7.74. The lowest BCUT2D eigenvalue weighted by Crippen LogP contribution is -2.13. The molecule has 0 saturated carbocycles. The predicted octanol–water partition coefficient (Wildman–Crippen LogP) is 3.52. The van der Waals surface area contributed by atoms with E-state index in [-0.39, 0.29) is 6.04 Å². The van der Waals surface area contributed by atoms with Gasteiger partial charge in [0.05, 0.1) is 6.04 Å². The summed E-state index contributed by atoms with van der Waals surface area (Å²) in [6.07, 6.45) is 4.66. The van der Waals surface area contributed by atoms with Crippen molar-refractivity contribution in [3.8, 4) is 0 Å². The van der Waals surface area contributed by atoms with Crippen LogP contribution in [0.5, 0.6) is 0 Å². The van der Waals surface area contributed by atoms with E-state index in [2.05, 4.69) is 27.8 Å². The van der Waals surface area contributed by atoms with E-state index in [1.54, 1.807) is 17.5 Å². The van der Waals surface area contributed by atoms with Crippen molar-refractivity contribution in [1.82, 2.24) is 4.98 Å². The molecule has 2 heterocycles. The molecule has 0 saturated heterocycles. The summed E-state index contributed by atoms with van der Waals surface area (Å²) in [5.74, 6) is 0. The van der Waals surface area contributed by atoms with Crippen molar-refractivity contribution < 1.29 is 0 Å². The number of thiophene rings is 1. The molecule has 2 aromatic rings. The average molecular weight is 297 g/mol. The fourth-order valence-corrected chi connectivity index (χ4v) is 3.34. The van der Waals surface area contributed by atoms with Crippen LogP contribution < -0.4 is 5.73 Å². The molecule has 4 heteroatoms. The number of aryl methyl sites for hydroxylation is 1. The van der Waals surface area contributed by atoms with Crippen molar-refractivity contribution in [1.29, 1.82) is 0 Å². The monoisotopic (exact) mass is 296 g/mol. The van der Waals surface area contributed by atoms with E-state index >= 15 is 0 Å². The van der Waals surface area contributed by atoms with Gasteiger partial charge in [0.1, 0.15) is 0 Å². The predicted molar refractivity (Wildman–Crippen MR) is 71.7 cm³/mol. The van der Waals surface area contributed by atoms with Crippen LogP contribution in [0.25, 0.3) is 0 Å². The Hall–Kier alpha value is -0.710. The minimum atomic E-state index is -0.0627. The summed E-state index contributed by atoms with van der Waals surface area (Å²) in [7, 11) is 0. The highest BCUT2D eigenvalue weighted by molar-refractivity contribution is 9.10. The number of nitrogens with zero attached hydrogens (tertiary/aromatic N) is 1. The summed E-state index contributed by atoms with van der Waals surface area (Å²) in [6, 6.07) is 3.98. The third-order valence-electron chi connectivity index (χ3n) is 2.58. The molecule has 0 aliphatic rings. The Labute approximate surface area is 108 Å². The van der Waals surface area contributed by atoms with Gasteiger partial charge in [-0.05, 0) is 51.0 Å². The van der Waals surface area contributed by atoms with Gasteiger partial charge in [0, 0.05) is 21.7 Å². The van der Waals surface area contributed by atoms with Gasteiger partial charge >= 0.3 is 0 Å². The minimum absolute atomic E-state index is 0.0627. The Bertz CT molecular complexity index is 481. The second-order valence-corrected chi connectivity index (χ2v) is 5.34. The zero-order chi connectivity index (χ0) is 11.5. The number of nitrogens with two attached hydrogens (primary N) is 1. The summed E-state index contributed by atoms with van der Waals surface area (Å²) in [5.41, 5.74) is 8.68. The third-order valence-corrected chi connectivity index (χ3v) is 4.54. The van der Waals surface area contributed by atoms with Gasteiger partial charge in [-0.2, -0.15) is 0 Å². The second-order valence-electron chi connectivity index (χ2n) is 3.54. The number of hydrogen-bond acceptors (Lipinski definition) is 3. The van der Waals surface area contributed by atoms with Crippen molar-refractivity contribution >= 4 is 27.3 Å². The van der Waals surface area contributed by atoms with Crippen LogP contribution in [0.3, 0.4) is 0 Å². The van der Waals surface area contributed by atoms with E-state index in [1.807, 2.05) is 23.7 Å². The average Bonchev–Trinajstić information content (AvgIpc) is 2.74. The van der Waals surface area contributed by atoms with Gasteiger partial charge < -0.3 is 5.73 Å². The molecule has 1 atom stereocenters. The lowest BCUT2D eigenvalue weighted by Gasteiger charge is -2.14. The molecule has 1 unspecified atom stereocenters. The third kappa shape index (κ3) is 2.19. The second kappa shape index (κ2) is 5.08. The van der Waals surface area contributed by atoms with E-state index < -0.39 is 0 Å². The topological polar surface area (TPSA) is 38.9 Å². The Morgan fingerprint density at radius 3 is 2.94 bits per heavy atom. The number of pyridine rings is 1. The van der Waals surface area contributed by atoms with Crippen molar-refractivity contribution in [3.63, 3.8) is 0 Å². The van der Waals surface area contributed by atoms with Crippen LogP contribution in [-0.2, 0) is 6.42 Å². The van der Waals surface area contributed by atoms with Crippen molar-refractivity contribution in [2.24, 2.45) is 5.73 Å². The van der Waals surface area contributed by atoms with Gasteiger partial charge in [0.2, 0.25) is 0 Å². The smallest absolute Gasteiger partial charge is 0.0661 e. The van der Waals surface area contributed by atoms with Gasteiger partial charge in [0.15, 0.2) is 0 Å². The molecular formula is C12H13BrN2S. The van der Waals surface area contributed by atoms with E-state index in [0.717, 1.165) is 10.9 Å². The highest BCUT2D eigenvalue weighted by atomic mass is 79.9. The van der Waals surface area contributed by atoms with Crippen LogP contribution in [0, 0.1) is 0 Å². The molecule has 0 fully saturated rings. The first-order valence-corrected chi connectivity index (χ1v) is 6.82. The van der Waals surface area contributed by atoms with Crippen molar-refractivity contribution in [3.05, 3.63) is 50.4 Å². The molecule has 0 aliphatic carbocycles. The molecule has 2 aromatic heterocycles. The molecule has 0 bridgehead atoms. The molecular weight excluding hydrogens is 284 g/mol. The van der Waals surface area contributed by atoms with Crippen LogP contribution in [-0.4, -0.2) is 4.98 Å². The fourth-order valence-electron chi connectivity index (χ4n) is 1.71. The molecule has 84 valence electrons. The Balaban J connectivity index is 2.41. The molecule has 2 rings (SSSR count). The lowest BCUT2D eigenvalue weighted by atomic mass is 10.0. The molecule has 0 aliphatic heterocycles. The first-order valence-electron chi connectivity index (χ1n) is 5.15. The zero-order valence-corrected chi connectivity index (χ0v) is 11.4. The normalized spacial score (nSPS) is 12.7. The SMILES string of the molecule is CCc1cnccc1C(N)c1sccc1Br. The van der Waals surface area contributed by atoms with Crippen LogP contribution in [0.15, 0.2) is 34.4 Å². The van der Waals surface area contributed by atoms with E-state index in [0.29, 0.717) is 0 Å². The standard InChI is InChI=1S/C12H13BrN2S/c1-2-8-7-15-5-3-9(8)11(14)12-10(13)4-6-16-12/h3-7,11H,2,14H2,1H3. The highest BCUT2D eigenvalue weighted by Crippen LogP contribution is 2.32. The number of halogens is 1. The van der Waals surface area contributed by atoms with Gasteiger partial charge in [0.25, 0.3) is 0 Å². The Morgan fingerprint density at radius 1 is 1.50 bits per heavy atom. The number of aromatic nitrogens is 1. The molecule has 0 spiro atoms. The molecule has 0 radical (unpaired) electrons. The molecule has 2 nitrogen and oxygen atoms in total. The summed E-state index contributed by atoms with van der Waals surface area (Å²) in [5, 5.41) is 2.05. The maximum Gasteiger partial charge on any atom is 0.0661 e. The van der Waals surface area contributed by atoms with Gasteiger partial charge in [-0.25, -0.2) is 0 Å². The zero-order valence-electron chi connectivity index (χ0n) is 8.98. The van der Waals surface area contributed by atoms with Crippen LogP contribution >= 0.6 is 27.3 Å². The summed E-state index contributed by atoms with van der Waals surface area (Å²) < 4.78 is 1.09. The largest absolute Gasteiger partial charge is 0.320 e. The first kappa shape index (κ1) is 11.8. The Kier molecular flexibility index (Phi) is 3.74. The van der Waals surface area contributed by atoms with Gasteiger partial charge in [-0.3, -0.25) is 4.98 Å². The molecule has 16 heavy (non-hydrogen) atoms. The van der Waals surface area contributed by atoms with Crippen molar-refractivity contribution in [2.75, 3.05) is 0 Å². The quantitative estimate of drug-likeness (QED) is 0.941. The van der Waals surface area contributed by atoms with E-state index in [1.165, 1.54) is 16.0 Å². The van der Waals surface area contributed by atoms with Crippen LogP contribution in [0.2, 0.25) is 0 Å². The van der Waals surface area contributed by atoms with Gasteiger partial charge in [-0.1, -0.05) is 6.92 Å². The summed E-state index contributed by atoms with van der Waals surface area (Å²) in [4.78, 5) is 5.31. The number of hydrogen-bond donors (Lipinski definition) is 1. The minimum Gasteiger partial charge on any atom is -0.320 e. The lowest BCUT2D eigenvalue weighted by molar-refractivity contribution is 0.858. The van der Waals surface area contributed by atoms with Crippen LogP contribution in [0.1, 0.15) is 29.0 Å². The van der Waals surface area contributed by atoms with Gasteiger partial charge in [-0.15, -0.1) is 11.3 Å². The molecule has 2 N–H and O–H groups in total.